The Morgan fingerprint density at radius 2 is 0.796 bits per heavy atom. The molecule has 0 spiro atoms. The molecule has 0 aliphatic carbocycles. The number of halogens is 1. The van der Waals surface area contributed by atoms with Gasteiger partial charge in [-0.1, -0.05) is 141 Å². The standard InChI is InChI=1S/C42H79NO5.ClH/c1-5-7-9-11-13-15-17-19-21-23-25-27-29-31-33-35-41(45)47-39(3)43(37-38-44)40(4)48-42(46)36-34-32-30-28-26-24-22-20-18-16-14-12-10-8-6-2;/h19-22,39-40,44H,5-18,23-38H2,1-4H3;1H/b21-19-,22-20-;. The van der Waals surface area contributed by atoms with Gasteiger partial charge in [-0.05, 0) is 78.1 Å². The molecule has 6 nitrogen and oxygen atoms in total. The Bertz CT molecular complexity index is 714. The van der Waals surface area contributed by atoms with Crippen molar-refractivity contribution in [2.24, 2.45) is 0 Å². The fourth-order valence-corrected chi connectivity index (χ4v) is 6.09. The van der Waals surface area contributed by atoms with E-state index in [-0.39, 0.29) is 37.5 Å². The highest BCUT2D eigenvalue weighted by molar-refractivity contribution is 5.85. The molecule has 0 radical (unpaired) electrons. The van der Waals surface area contributed by atoms with Gasteiger partial charge >= 0.3 is 11.9 Å². The Hall–Kier alpha value is -1.37. The number of nitrogens with zero attached hydrogens (tertiary/aromatic N) is 1. The number of carbonyl (C=O) groups excluding carboxylic acids is 2. The highest BCUT2D eigenvalue weighted by Gasteiger charge is 2.25. The van der Waals surface area contributed by atoms with Crippen molar-refractivity contribution in [2.75, 3.05) is 13.2 Å². The molecule has 0 aromatic rings. The van der Waals surface area contributed by atoms with Gasteiger partial charge in [0.05, 0.1) is 6.61 Å². The summed E-state index contributed by atoms with van der Waals surface area (Å²) in [7, 11) is 0. The summed E-state index contributed by atoms with van der Waals surface area (Å²) in [4.78, 5) is 26.7. The first kappa shape index (κ1) is 49.7. The van der Waals surface area contributed by atoms with Gasteiger partial charge in [0.2, 0.25) is 0 Å². The van der Waals surface area contributed by atoms with Gasteiger partial charge in [0.25, 0.3) is 0 Å². The first-order valence-electron chi connectivity index (χ1n) is 20.5. The van der Waals surface area contributed by atoms with Crippen LogP contribution in [0.1, 0.15) is 207 Å². The van der Waals surface area contributed by atoms with Gasteiger partial charge in [-0.3, -0.25) is 9.59 Å². The first-order valence-corrected chi connectivity index (χ1v) is 20.5. The zero-order valence-electron chi connectivity index (χ0n) is 32.6. The van der Waals surface area contributed by atoms with E-state index < -0.39 is 12.5 Å². The predicted octanol–water partition coefficient (Wildman–Crippen LogP) is 12.6. The van der Waals surface area contributed by atoms with E-state index in [9.17, 15) is 14.7 Å². The Kier molecular flexibility index (Phi) is 40.0. The van der Waals surface area contributed by atoms with Gasteiger partial charge in [0.1, 0.15) is 0 Å². The molecule has 7 heteroatoms. The largest absolute Gasteiger partial charge is 0.447 e. The SMILES string of the molecule is CCCCCCCC/C=C\CCCCCCCC(=O)OC(C)N(CCO)C(C)OC(=O)CCCCCCC/C=C\CCCCCCCC.Cl. The molecule has 0 bridgehead atoms. The first-order chi connectivity index (χ1) is 23.5. The quantitative estimate of drug-likeness (QED) is 0.0301. The molecule has 0 rings (SSSR count). The minimum atomic E-state index is -0.574. The molecule has 1 N–H and O–H groups in total. The van der Waals surface area contributed by atoms with E-state index >= 15 is 0 Å². The number of aliphatic hydroxyl groups excluding tert-OH is 1. The van der Waals surface area contributed by atoms with Crippen molar-refractivity contribution in [2.45, 2.75) is 220 Å². The minimum Gasteiger partial charge on any atom is -0.447 e. The number of carbonyl (C=O) groups is 2. The maximum Gasteiger partial charge on any atom is 0.307 e. The number of hydrogen-bond acceptors (Lipinski definition) is 6. The lowest BCUT2D eigenvalue weighted by atomic mass is 10.1. The second kappa shape index (κ2) is 39.4. The highest BCUT2D eigenvalue weighted by atomic mass is 35.5. The highest BCUT2D eigenvalue weighted by Crippen LogP contribution is 2.15. The van der Waals surface area contributed by atoms with Crippen molar-refractivity contribution in [1.29, 1.82) is 0 Å². The lowest BCUT2D eigenvalue weighted by molar-refractivity contribution is -0.181. The van der Waals surface area contributed by atoms with Gasteiger partial charge in [0, 0.05) is 19.4 Å². The second-order valence-corrected chi connectivity index (χ2v) is 13.8. The number of hydrogen-bond donors (Lipinski definition) is 1. The van der Waals surface area contributed by atoms with Crippen LogP contribution in [-0.4, -0.2) is 47.6 Å². The van der Waals surface area contributed by atoms with Gasteiger partial charge in [-0.25, -0.2) is 4.90 Å². The normalized spacial score (nSPS) is 12.9. The molecule has 0 aromatic heterocycles. The van der Waals surface area contributed by atoms with Crippen LogP contribution in [0.5, 0.6) is 0 Å². The fraction of sp³-hybridized carbons (Fsp3) is 0.857. The minimum absolute atomic E-state index is 0. The van der Waals surface area contributed by atoms with E-state index in [1.165, 1.54) is 116 Å². The molecule has 0 saturated carbocycles. The summed E-state index contributed by atoms with van der Waals surface area (Å²) in [6.07, 6.45) is 40.7. The Morgan fingerprint density at radius 3 is 1.10 bits per heavy atom. The summed E-state index contributed by atoms with van der Waals surface area (Å²) in [5.74, 6) is -0.482. The molecule has 290 valence electrons. The molecule has 0 aliphatic rings. The average molecular weight is 715 g/mol. The van der Waals surface area contributed by atoms with Crippen LogP contribution in [0.15, 0.2) is 24.3 Å². The van der Waals surface area contributed by atoms with Crippen LogP contribution in [0.4, 0.5) is 0 Å². The molecule has 2 unspecified atom stereocenters. The smallest absolute Gasteiger partial charge is 0.307 e. The van der Waals surface area contributed by atoms with Gasteiger partial charge in [-0.15, -0.1) is 12.4 Å². The van der Waals surface area contributed by atoms with Crippen LogP contribution < -0.4 is 0 Å². The van der Waals surface area contributed by atoms with Crippen molar-refractivity contribution in [3.8, 4) is 0 Å². The molecular formula is C42H80ClNO5. The lowest BCUT2D eigenvalue weighted by Gasteiger charge is -2.32. The summed E-state index contributed by atoms with van der Waals surface area (Å²) >= 11 is 0. The molecular weight excluding hydrogens is 634 g/mol. The van der Waals surface area contributed by atoms with E-state index in [2.05, 4.69) is 38.2 Å². The summed E-state index contributed by atoms with van der Waals surface area (Å²) in [5, 5.41) is 9.58. The predicted molar refractivity (Wildman–Crippen MR) is 211 cm³/mol. The number of ether oxygens (including phenoxy) is 2. The maximum absolute atomic E-state index is 12.5. The van der Waals surface area contributed by atoms with E-state index in [1.54, 1.807) is 18.7 Å². The van der Waals surface area contributed by atoms with Gasteiger partial charge in [0.15, 0.2) is 12.5 Å². The molecule has 0 saturated heterocycles. The third-order valence-corrected chi connectivity index (χ3v) is 9.18. The van der Waals surface area contributed by atoms with Crippen molar-refractivity contribution in [3.05, 3.63) is 24.3 Å². The topological polar surface area (TPSA) is 76.1 Å². The fourth-order valence-electron chi connectivity index (χ4n) is 6.09. The van der Waals surface area contributed by atoms with E-state index in [1.807, 2.05) is 0 Å². The van der Waals surface area contributed by atoms with Gasteiger partial charge < -0.3 is 14.6 Å². The molecule has 49 heavy (non-hydrogen) atoms. The molecule has 0 amide bonds. The van der Waals surface area contributed by atoms with E-state index in [0.29, 0.717) is 12.8 Å². The van der Waals surface area contributed by atoms with Crippen molar-refractivity contribution in [3.63, 3.8) is 0 Å². The summed E-state index contributed by atoms with van der Waals surface area (Å²) in [6, 6.07) is 0. The van der Waals surface area contributed by atoms with Crippen LogP contribution in [0.3, 0.4) is 0 Å². The van der Waals surface area contributed by atoms with Crippen LogP contribution in [-0.2, 0) is 19.1 Å². The average Bonchev–Trinajstić information content (AvgIpc) is 3.06. The number of unbranched alkanes of at least 4 members (excludes halogenated alkanes) is 22. The summed E-state index contributed by atoms with van der Waals surface area (Å²) < 4.78 is 11.3. The van der Waals surface area contributed by atoms with E-state index in [0.717, 1.165) is 51.4 Å². The third kappa shape index (κ3) is 34.8. The van der Waals surface area contributed by atoms with Crippen LogP contribution in [0, 0.1) is 0 Å². The molecule has 0 aromatic carbocycles. The number of allylic oxidation sites excluding steroid dienone is 4. The van der Waals surface area contributed by atoms with Crippen LogP contribution in [0.25, 0.3) is 0 Å². The number of rotatable bonds is 36. The Labute approximate surface area is 310 Å². The number of esters is 2. The third-order valence-electron chi connectivity index (χ3n) is 9.18. The zero-order chi connectivity index (χ0) is 35.3. The van der Waals surface area contributed by atoms with Crippen LogP contribution in [0.2, 0.25) is 0 Å². The Morgan fingerprint density at radius 1 is 0.510 bits per heavy atom. The van der Waals surface area contributed by atoms with Crippen molar-refractivity contribution >= 4 is 24.3 Å². The van der Waals surface area contributed by atoms with Crippen molar-refractivity contribution in [1.82, 2.24) is 4.90 Å². The molecule has 0 heterocycles. The Balaban J connectivity index is 0. The van der Waals surface area contributed by atoms with E-state index in [4.69, 9.17) is 9.47 Å². The molecule has 0 fully saturated rings. The van der Waals surface area contributed by atoms with Crippen molar-refractivity contribution < 1.29 is 24.2 Å². The number of aliphatic hydroxyl groups is 1. The monoisotopic (exact) mass is 714 g/mol. The van der Waals surface area contributed by atoms with Gasteiger partial charge in [-0.2, -0.15) is 0 Å². The summed E-state index contributed by atoms with van der Waals surface area (Å²) in [5.41, 5.74) is 0. The van der Waals surface area contributed by atoms with Crippen LogP contribution >= 0.6 is 12.4 Å². The zero-order valence-corrected chi connectivity index (χ0v) is 33.4. The molecule has 2 atom stereocenters. The summed E-state index contributed by atoms with van der Waals surface area (Å²) in [6.45, 7) is 8.24. The second-order valence-electron chi connectivity index (χ2n) is 13.8. The molecule has 0 aliphatic heterocycles. The maximum atomic E-state index is 12.5. The lowest BCUT2D eigenvalue weighted by Crippen LogP contribution is -2.46.